The molecule has 2 rings (SSSR count). The van der Waals surface area contributed by atoms with Gasteiger partial charge in [0.05, 0.1) is 6.61 Å². The molecule has 0 heterocycles. The second-order valence-corrected chi connectivity index (χ2v) is 5.87. The van der Waals surface area contributed by atoms with Crippen LogP contribution in [-0.2, 0) is 17.8 Å². The first-order chi connectivity index (χ1) is 10.0. The number of rotatable bonds is 4. The van der Waals surface area contributed by atoms with Crippen molar-refractivity contribution in [2.45, 2.75) is 39.2 Å². The number of allylic oxidation sites excluding steroid dienone is 2. The Bertz CT molecular complexity index is 584. The zero-order valence-electron chi connectivity index (χ0n) is 12.5. The summed E-state index contributed by atoms with van der Waals surface area (Å²) < 4.78 is 0. The molecular weight excluding hydrogens is 264 g/mol. The van der Waals surface area contributed by atoms with Gasteiger partial charge in [0.2, 0.25) is 0 Å². The van der Waals surface area contributed by atoms with E-state index in [1.54, 1.807) is 6.08 Å². The number of benzene rings is 1. The summed E-state index contributed by atoms with van der Waals surface area (Å²) in [5.74, 6) is 0.175. The lowest BCUT2D eigenvalue weighted by Gasteiger charge is -2.30. The highest BCUT2D eigenvalue weighted by molar-refractivity contribution is 5.80. The van der Waals surface area contributed by atoms with Gasteiger partial charge in [0.25, 0.3) is 0 Å². The third kappa shape index (κ3) is 3.61. The summed E-state index contributed by atoms with van der Waals surface area (Å²) in [7, 11) is 0. The third-order valence-corrected chi connectivity index (χ3v) is 4.07. The molecule has 1 aliphatic rings. The lowest BCUT2D eigenvalue weighted by atomic mass is 9.75. The van der Waals surface area contributed by atoms with E-state index in [2.05, 4.69) is 19.9 Å². The summed E-state index contributed by atoms with van der Waals surface area (Å²) >= 11 is 0. The van der Waals surface area contributed by atoms with Crippen molar-refractivity contribution >= 4 is 12.0 Å². The second-order valence-electron chi connectivity index (χ2n) is 5.87. The molecule has 0 fully saturated rings. The van der Waals surface area contributed by atoms with Crippen molar-refractivity contribution in [2.75, 3.05) is 0 Å². The Kier molecular flexibility index (Phi) is 4.97. The molecule has 0 aromatic heterocycles. The van der Waals surface area contributed by atoms with Crippen LogP contribution in [0.2, 0.25) is 0 Å². The molecular formula is C18H22O3. The molecule has 1 aliphatic carbocycles. The molecule has 0 aliphatic heterocycles. The minimum Gasteiger partial charge on any atom is -0.478 e. The van der Waals surface area contributed by atoms with Crippen LogP contribution in [0.1, 0.15) is 48.4 Å². The van der Waals surface area contributed by atoms with Crippen LogP contribution in [0, 0.1) is 5.92 Å². The molecule has 0 amide bonds. The average molecular weight is 286 g/mol. The summed E-state index contributed by atoms with van der Waals surface area (Å²) in [6.45, 7) is 4.49. The molecule has 0 saturated carbocycles. The van der Waals surface area contributed by atoms with Crippen LogP contribution in [0.25, 0.3) is 6.08 Å². The maximum absolute atomic E-state index is 10.5. The van der Waals surface area contributed by atoms with Crippen molar-refractivity contribution in [3.63, 3.8) is 0 Å². The van der Waals surface area contributed by atoms with E-state index < -0.39 is 5.97 Å². The number of hydrogen-bond acceptors (Lipinski definition) is 2. The monoisotopic (exact) mass is 286 g/mol. The Morgan fingerprint density at radius 3 is 2.76 bits per heavy atom. The van der Waals surface area contributed by atoms with Gasteiger partial charge in [0.1, 0.15) is 0 Å². The maximum Gasteiger partial charge on any atom is 0.328 e. The number of carbonyl (C=O) groups is 1. The molecule has 0 radical (unpaired) electrons. The first kappa shape index (κ1) is 15.5. The SMILES string of the molecule is C[C@H]1Cc2ccc(CO)c(C=CC=CC(=O)O)c2[C@H](C)C1. The van der Waals surface area contributed by atoms with E-state index in [0.29, 0.717) is 11.8 Å². The minimum atomic E-state index is -0.959. The van der Waals surface area contributed by atoms with Crippen LogP contribution in [-0.4, -0.2) is 16.2 Å². The number of aliphatic hydroxyl groups excluding tert-OH is 1. The van der Waals surface area contributed by atoms with Crippen molar-refractivity contribution in [1.82, 2.24) is 0 Å². The number of fused-ring (bicyclic) bond motifs is 1. The zero-order valence-corrected chi connectivity index (χ0v) is 12.5. The Morgan fingerprint density at radius 2 is 2.10 bits per heavy atom. The van der Waals surface area contributed by atoms with E-state index in [1.165, 1.54) is 17.2 Å². The number of carboxylic acid groups (broad SMARTS) is 1. The molecule has 1 aromatic rings. The molecule has 112 valence electrons. The standard InChI is InChI=1S/C18H22O3/c1-12-9-13(2)18-14(10-12)7-8-15(11-19)16(18)5-3-4-6-17(20)21/h3-8,12-13,19H,9-11H2,1-2H3,(H,20,21)/t12-,13-/m1/s1. The fourth-order valence-corrected chi connectivity index (χ4v) is 3.29. The van der Waals surface area contributed by atoms with Crippen molar-refractivity contribution in [1.29, 1.82) is 0 Å². The highest BCUT2D eigenvalue weighted by atomic mass is 16.4. The molecule has 0 unspecified atom stereocenters. The van der Waals surface area contributed by atoms with Gasteiger partial charge in [-0.05, 0) is 46.9 Å². The van der Waals surface area contributed by atoms with E-state index in [9.17, 15) is 9.90 Å². The minimum absolute atomic E-state index is 0.00211. The molecule has 0 spiro atoms. The first-order valence-corrected chi connectivity index (χ1v) is 7.36. The number of aliphatic carboxylic acids is 1. The van der Waals surface area contributed by atoms with Gasteiger partial charge in [-0.2, -0.15) is 0 Å². The van der Waals surface area contributed by atoms with Crippen LogP contribution in [0.3, 0.4) is 0 Å². The summed E-state index contributed by atoms with van der Waals surface area (Å²) in [6.07, 6.45) is 8.48. The predicted molar refractivity (Wildman–Crippen MR) is 84.1 cm³/mol. The van der Waals surface area contributed by atoms with Gasteiger partial charge in [0, 0.05) is 6.08 Å². The van der Waals surface area contributed by atoms with Gasteiger partial charge in [0.15, 0.2) is 0 Å². The predicted octanol–water partition coefficient (Wildman–Crippen LogP) is 3.52. The fourth-order valence-electron chi connectivity index (χ4n) is 3.29. The van der Waals surface area contributed by atoms with Crippen LogP contribution >= 0.6 is 0 Å². The molecule has 2 N–H and O–H groups in total. The normalized spacial score (nSPS) is 21.9. The van der Waals surface area contributed by atoms with Crippen molar-refractivity contribution in [3.05, 3.63) is 52.6 Å². The van der Waals surface area contributed by atoms with Gasteiger partial charge < -0.3 is 10.2 Å². The van der Waals surface area contributed by atoms with Gasteiger partial charge in [-0.25, -0.2) is 4.79 Å². The molecule has 2 atom stereocenters. The summed E-state index contributed by atoms with van der Waals surface area (Å²) in [6, 6.07) is 4.10. The lowest BCUT2D eigenvalue weighted by Crippen LogP contribution is -2.17. The Labute approximate surface area is 125 Å². The molecule has 3 nitrogen and oxygen atoms in total. The quantitative estimate of drug-likeness (QED) is 0.657. The molecule has 0 saturated heterocycles. The summed E-state index contributed by atoms with van der Waals surface area (Å²) in [5, 5.41) is 18.2. The van der Waals surface area contributed by atoms with Crippen molar-refractivity contribution in [3.8, 4) is 0 Å². The Balaban J connectivity index is 2.43. The largest absolute Gasteiger partial charge is 0.478 e. The van der Waals surface area contributed by atoms with Gasteiger partial charge in [-0.3, -0.25) is 0 Å². The van der Waals surface area contributed by atoms with E-state index in [4.69, 9.17) is 5.11 Å². The van der Waals surface area contributed by atoms with Gasteiger partial charge >= 0.3 is 5.97 Å². The molecule has 0 bridgehead atoms. The third-order valence-electron chi connectivity index (χ3n) is 4.07. The van der Waals surface area contributed by atoms with E-state index in [-0.39, 0.29) is 6.61 Å². The van der Waals surface area contributed by atoms with Crippen LogP contribution in [0.5, 0.6) is 0 Å². The summed E-state index contributed by atoms with van der Waals surface area (Å²) in [5.41, 5.74) is 4.60. The van der Waals surface area contributed by atoms with E-state index in [0.717, 1.165) is 30.0 Å². The van der Waals surface area contributed by atoms with Crippen molar-refractivity contribution < 1.29 is 15.0 Å². The maximum atomic E-state index is 10.5. The van der Waals surface area contributed by atoms with E-state index >= 15 is 0 Å². The lowest BCUT2D eigenvalue weighted by molar-refractivity contribution is -0.131. The van der Waals surface area contributed by atoms with Crippen LogP contribution in [0.4, 0.5) is 0 Å². The number of carboxylic acids is 1. The smallest absolute Gasteiger partial charge is 0.328 e. The number of hydrogen-bond donors (Lipinski definition) is 2. The molecule has 1 aromatic carbocycles. The van der Waals surface area contributed by atoms with Crippen LogP contribution < -0.4 is 0 Å². The topological polar surface area (TPSA) is 57.5 Å². The average Bonchev–Trinajstić information content (AvgIpc) is 2.42. The van der Waals surface area contributed by atoms with Gasteiger partial charge in [-0.15, -0.1) is 0 Å². The highest BCUT2D eigenvalue weighted by Crippen LogP contribution is 2.38. The Morgan fingerprint density at radius 1 is 1.33 bits per heavy atom. The fraction of sp³-hybridized carbons (Fsp3) is 0.389. The van der Waals surface area contributed by atoms with Crippen molar-refractivity contribution in [2.24, 2.45) is 5.92 Å². The van der Waals surface area contributed by atoms with Gasteiger partial charge in [-0.1, -0.05) is 44.2 Å². The highest BCUT2D eigenvalue weighted by Gasteiger charge is 2.24. The first-order valence-electron chi connectivity index (χ1n) is 7.36. The van der Waals surface area contributed by atoms with Crippen LogP contribution in [0.15, 0.2) is 30.4 Å². The second kappa shape index (κ2) is 6.72. The zero-order chi connectivity index (χ0) is 15.4. The Hall–Kier alpha value is -1.87. The molecule has 21 heavy (non-hydrogen) atoms. The summed E-state index contributed by atoms with van der Waals surface area (Å²) in [4.78, 5) is 10.5. The number of aliphatic hydroxyl groups is 1. The van der Waals surface area contributed by atoms with E-state index in [1.807, 2.05) is 12.1 Å². The molecule has 3 heteroatoms.